The largest absolute Gasteiger partial charge is 0.493 e. The lowest BCUT2D eigenvalue weighted by Crippen LogP contribution is -2.85. The predicted octanol–water partition coefficient (Wildman–Crippen LogP) is 3.61. The van der Waals surface area contributed by atoms with Gasteiger partial charge < -0.3 is 14.8 Å². The Morgan fingerprint density at radius 1 is 1.14 bits per heavy atom. The van der Waals surface area contributed by atoms with Crippen molar-refractivity contribution in [2.45, 2.75) is 51.5 Å². The Balaban J connectivity index is 1.94. The van der Waals surface area contributed by atoms with E-state index in [1.54, 1.807) is 19.8 Å². The zero-order valence-electron chi connectivity index (χ0n) is 14.2. The topological polar surface area (TPSA) is 35.1 Å². The van der Waals surface area contributed by atoms with E-state index >= 15 is 0 Å². The van der Waals surface area contributed by atoms with Crippen molar-refractivity contribution in [1.82, 2.24) is 0 Å². The van der Waals surface area contributed by atoms with Gasteiger partial charge in [0.25, 0.3) is 0 Å². The maximum Gasteiger partial charge on any atom is 0.161 e. The number of hydrogen-bond acceptors (Lipinski definition) is 2. The van der Waals surface area contributed by atoms with Crippen LogP contribution in [0.25, 0.3) is 0 Å². The highest BCUT2D eigenvalue weighted by molar-refractivity contribution is 5.43. The van der Waals surface area contributed by atoms with E-state index < -0.39 is 0 Å². The van der Waals surface area contributed by atoms with Crippen LogP contribution < -0.4 is 14.8 Å². The third-order valence-electron chi connectivity index (χ3n) is 4.58. The lowest BCUT2D eigenvalue weighted by Gasteiger charge is -2.17. The van der Waals surface area contributed by atoms with E-state index in [2.05, 4.69) is 30.4 Å². The van der Waals surface area contributed by atoms with E-state index in [4.69, 9.17) is 9.47 Å². The van der Waals surface area contributed by atoms with E-state index in [1.165, 1.54) is 44.2 Å². The van der Waals surface area contributed by atoms with Crippen LogP contribution >= 0.6 is 0 Å². The van der Waals surface area contributed by atoms with E-state index in [1.807, 2.05) is 6.07 Å². The van der Waals surface area contributed by atoms with Crippen LogP contribution in [0.3, 0.4) is 0 Å². The molecule has 0 unspecified atom stereocenters. The molecule has 0 heterocycles. The second-order valence-corrected chi connectivity index (χ2v) is 6.01. The summed E-state index contributed by atoms with van der Waals surface area (Å²) in [6.07, 6.45) is 10.1. The maximum absolute atomic E-state index is 5.42. The standard InChI is InChI=1S/C19H29NO2/c1-4-17(20-13-12-15-8-6-5-7-9-15)16-10-11-18(21-2)19(14-16)22-3/h8,10-11,14,17,20H,4-7,9,12-13H2,1-3H3/p+1/t17-/m1/s1. The lowest BCUT2D eigenvalue weighted by atomic mass is 9.97. The molecule has 0 spiro atoms. The van der Waals surface area contributed by atoms with Gasteiger partial charge in [0.05, 0.1) is 20.8 Å². The number of hydrogen-bond donors (Lipinski definition) is 1. The summed E-state index contributed by atoms with van der Waals surface area (Å²) in [5, 5.41) is 2.47. The molecule has 2 rings (SSSR count). The molecule has 3 heteroatoms. The Morgan fingerprint density at radius 2 is 1.95 bits per heavy atom. The minimum atomic E-state index is 0.490. The van der Waals surface area contributed by atoms with Crippen LogP contribution in [0.15, 0.2) is 29.8 Å². The molecule has 0 aliphatic heterocycles. The van der Waals surface area contributed by atoms with Crippen molar-refractivity contribution in [3.05, 3.63) is 35.4 Å². The molecule has 1 aromatic rings. The average Bonchev–Trinajstić information content (AvgIpc) is 2.59. The van der Waals surface area contributed by atoms with Gasteiger partial charge in [0, 0.05) is 18.4 Å². The monoisotopic (exact) mass is 304 g/mol. The maximum atomic E-state index is 5.42. The van der Waals surface area contributed by atoms with Gasteiger partial charge in [0.15, 0.2) is 11.5 Å². The molecule has 1 aliphatic rings. The van der Waals surface area contributed by atoms with Crippen LogP contribution in [-0.4, -0.2) is 20.8 Å². The molecule has 1 atom stereocenters. The SMILES string of the molecule is CC[C@@H]([NH2+]CCC1=CCCCC1)c1ccc(OC)c(OC)c1. The Hall–Kier alpha value is -1.48. The van der Waals surface area contributed by atoms with Crippen molar-refractivity contribution >= 4 is 0 Å². The van der Waals surface area contributed by atoms with Gasteiger partial charge in [-0.15, -0.1) is 0 Å². The van der Waals surface area contributed by atoms with Crippen LogP contribution in [-0.2, 0) is 0 Å². The molecule has 3 nitrogen and oxygen atoms in total. The molecule has 122 valence electrons. The average molecular weight is 304 g/mol. The first-order valence-corrected chi connectivity index (χ1v) is 8.51. The Labute approximate surface area is 134 Å². The second-order valence-electron chi connectivity index (χ2n) is 6.01. The third-order valence-corrected chi connectivity index (χ3v) is 4.58. The summed E-state index contributed by atoms with van der Waals surface area (Å²) >= 11 is 0. The van der Waals surface area contributed by atoms with Crippen LogP contribution in [0.5, 0.6) is 11.5 Å². The number of rotatable bonds is 8. The van der Waals surface area contributed by atoms with Crippen molar-refractivity contribution in [2.75, 3.05) is 20.8 Å². The summed E-state index contributed by atoms with van der Waals surface area (Å²) in [6.45, 7) is 3.41. The fourth-order valence-electron chi connectivity index (χ4n) is 3.22. The molecule has 0 aromatic heterocycles. The van der Waals surface area contributed by atoms with E-state index in [-0.39, 0.29) is 0 Å². The van der Waals surface area contributed by atoms with Gasteiger partial charge in [-0.25, -0.2) is 0 Å². The van der Waals surface area contributed by atoms with Crippen LogP contribution in [0.1, 0.15) is 57.1 Å². The second kappa shape index (κ2) is 8.84. The number of benzene rings is 1. The summed E-state index contributed by atoms with van der Waals surface area (Å²) in [5.41, 5.74) is 2.97. The molecule has 1 aliphatic carbocycles. The summed E-state index contributed by atoms with van der Waals surface area (Å²) < 4.78 is 10.7. The first kappa shape index (κ1) is 16.9. The van der Waals surface area contributed by atoms with E-state index in [0.29, 0.717) is 6.04 Å². The van der Waals surface area contributed by atoms with Gasteiger partial charge in [0.2, 0.25) is 0 Å². The van der Waals surface area contributed by atoms with Gasteiger partial charge in [-0.05, 0) is 43.9 Å². The summed E-state index contributed by atoms with van der Waals surface area (Å²) in [5.74, 6) is 1.62. The molecule has 0 radical (unpaired) electrons. The van der Waals surface area contributed by atoms with Gasteiger partial charge >= 0.3 is 0 Å². The van der Waals surface area contributed by atoms with Crippen molar-refractivity contribution in [1.29, 1.82) is 0 Å². The minimum absolute atomic E-state index is 0.490. The zero-order chi connectivity index (χ0) is 15.8. The molecule has 0 bridgehead atoms. The molecule has 0 saturated heterocycles. The molecule has 0 fully saturated rings. The number of quaternary nitrogens is 1. The summed E-state index contributed by atoms with van der Waals surface area (Å²) in [4.78, 5) is 0. The Kier molecular flexibility index (Phi) is 6.78. The number of ether oxygens (including phenoxy) is 2. The van der Waals surface area contributed by atoms with Gasteiger partial charge in [-0.3, -0.25) is 0 Å². The number of nitrogens with two attached hydrogens (primary N) is 1. The Morgan fingerprint density at radius 3 is 2.59 bits per heavy atom. The molecule has 0 saturated carbocycles. The summed E-state index contributed by atoms with van der Waals surface area (Å²) in [7, 11) is 3.38. The van der Waals surface area contributed by atoms with Crippen molar-refractivity contribution in [3.8, 4) is 11.5 Å². The highest BCUT2D eigenvalue weighted by atomic mass is 16.5. The van der Waals surface area contributed by atoms with Crippen LogP contribution in [0.4, 0.5) is 0 Å². The van der Waals surface area contributed by atoms with Crippen LogP contribution in [0.2, 0.25) is 0 Å². The minimum Gasteiger partial charge on any atom is -0.493 e. The quantitative estimate of drug-likeness (QED) is 0.745. The molecular weight excluding hydrogens is 274 g/mol. The van der Waals surface area contributed by atoms with Gasteiger partial charge in [-0.1, -0.05) is 18.6 Å². The van der Waals surface area contributed by atoms with Gasteiger partial charge in [-0.2, -0.15) is 0 Å². The molecule has 22 heavy (non-hydrogen) atoms. The predicted molar refractivity (Wildman–Crippen MR) is 90.5 cm³/mol. The molecular formula is C19H30NO2+. The molecule has 0 amide bonds. The number of methoxy groups -OCH3 is 2. The van der Waals surface area contributed by atoms with E-state index in [0.717, 1.165) is 17.9 Å². The first-order valence-electron chi connectivity index (χ1n) is 8.51. The highest BCUT2D eigenvalue weighted by Gasteiger charge is 2.15. The van der Waals surface area contributed by atoms with Crippen molar-refractivity contribution in [3.63, 3.8) is 0 Å². The molecule has 1 aromatic carbocycles. The Bertz CT molecular complexity index is 496. The first-order chi connectivity index (χ1) is 10.8. The molecule has 2 N–H and O–H groups in total. The lowest BCUT2D eigenvalue weighted by molar-refractivity contribution is -0.695. The fourth-order valence-corrected chi connectivity index (χ4v) is 3.22. The van der Waals surface area contributed by atoms with E-state index in [9.17, 15) is 0 Å². The summed E-state index contributed by atoms with van der Waals surface area (Å²) in [6, 6.07) is 6.77. The van der Waals surface area contributed by atoms with Crippen molar-refractivity contribution in [2.24, 2.45) is 0 Å². The number of allylic oxidation sites excluding steroid dienone is 1. The zero-order valence-corrected chi connectivity index (χ0v) is 14.2. The highest BCUT2D eigenvalue weighted by Crippen LogP contribution is 2.29. The fraction of sp³-hybridized carbons (Fsp3) is 0.579. The normalized spacial score (nSPS) is 16.0. The third kappa shape index (κ3) is 4.51. The van der Waals surface area contributed by atoms with Gasteiger partial charge in [0.1, 0.15) is 6.04 Å². The smallest absolute Gasteiger partial charge is 0.161 e. The van der Waals surface area contributed by atoms with Crippen LogP contribution in [0, 0.1) is 0 Å². The van der Waals surface area contributed by atoms with Crippen molar-refractivity contribution < 1.29 is 14.8 Å².